The van der Waals surface area contributed by atoms with Crippen LogP contribution in [-0.2, 0) is 32.2 Å². The molecular formula is C18H22F3N5O. The number of rotatable bonds is 4. The fourth-order valence-electron chi connectivity index (χ4n) is 3.95. The number of fused-ring (bicyclic) bond motifs is 1. The van der Waals surface area contributed by atoms with Gasteiger partial charge in [0.2, 0.25) is 0 Å². The van der Waals surface area contributed by atoms with E-state index in [1.54, 1.807) is 0 Å². The lowest BCUT2D eigenvalue weighted by molar-refractivity contribution is -0.141. The number of likely N-dealkylation sites (tertiary alicyclic amines) is 1. The average molecular weight is 381 g/mol. The van der Waals surface area contributed by atoms with Crippen LogP contribution in [0.1, 0.15) is 36.3 Å². The van der Waals surface area contributed by atoms with Crippen LogP contribution in [0, 0.1) is 5.92 Å². The third-order valence-electron chi connectivity index (χ3n) is 5.43. The first-order valence-corrected chi connectivity index (χ1v) is 9.30. The van der Waals surface area contributed by atoms with E-state index in [-0.39, 0.29) is 5.92 Å². The van der Waals surface area contributed by atoms with Gasteiger partial charge in [-0.25, -0.2) is 4.98 Å². The van der Waals surface area contributed by atoms with Gasteiger partial charge in [-0.05, 0) is 50.8 Å². The van der Waals surface area contributed by atoms with Crippen molar-refractivity contribution in [1.82, 2.24) is 24.2 Å². The van der Waals surface area contributed by atoms with Gasteiger partial charge in [0.05, 0.1) is 12.0 Å². The minimum absolute atomic E-state index is 0.268. The van der Waals surface area contributed by atoms with Crippen molar-refractivity contribution in [2.45, 2.75) is 51.5 Å². The van der Waals surface area contributed by atoms with Gasteiger partial charge < -0.3 is 0 Å². The molecular weight excluding hydrogens is 359 g/mol. The van der Waals surface area contributed by atoms with Crippen molar-refractivity contribution in [1.29, 1.82) is 0 Å². The molecule has 0 bridgehead atoms. The molecule has 146 valence electrons. The predicted molar refractivity (Wildman–Crippen MR) is 92.0 cm³/mol. The summed E-state index contributed by atoms with van der Waals surface area (Å²) >= 11 is 0. The predicted octanol–water partition coefficient (Wildman–Crippen LogP) is 2.32. The van der Waals surface area contributed by atoms with E-state index in [0.717, 1.165) is 57.5 Å². The van der Waals surface area contributed by atoms with Crippen molar-refractivity contribution in [3.05, 3.63) is 45.9 Å². The lowest BCUT2D eigenvalue weighted by Crippen LogP contribution is -2.36. The highest BCUT2D eigenvalue weighted by molar-refractivity contribution is 5.13. The Kier molecular flexibility index (Phi) is 4.79. The Bertz CT molecular complexity index is 843. The molecule has 0 radical (unpaired) electrons. The molecule has 2 aromatic heterocycles. The normalized spacial score (nSPS) is 18.8. The van der Waals surface area contributed by atoms with Gasteiger partial charge in [0.25, 0.3) is 5.56 Å². The Labute approximate surface area is 154 Å². The van der Waals surface area contributed by atoms with E-state index < -0.39 is 17.4 Å². The molecule has 9 heteroatoms. The van der Waals surface area contributed by atoms with E-state index in [4.69, 9.17) is 0 Å². The summed E-state index contributed by atoms with van der Waals surface area (Å²) < 4.78 is 41.2. The SMILES string of the molecule is O=c1cc(C(F)(F)F)ncn1CC1CCN(Cc2cc3n(n2)CCC3)CC1. The highest BCUT2D eigenvalue weighted by Gasteiger charge is 2.33. The zero-order valence-corrected chi connectivity index (χ0v) is 15.0. The van der Waals surface area contributed by atoms with Gasteiger partial charge in [-0.15, -0.1) is 0 Å². The van der Waals surface area contributed by atoms with Gasteiger partial charge in [-0.2, -0.15) is 18.3 Å². The quantitative estimate of drug-likeness (QED) is 0.816. The van der Waals surface area contributed by atoms with Crippen molar-refractivity contribution < 1.29 is 13.2 Å². The third kappa shape index (κ3) is 4.07. The van der Waals surface area contributed by atoms with E-state index in [1.165, 1.54) is 16.7 Å². The second-order valence-corrected chi connectivity index (χ2v) is 7.44. The summed E-state index contributed by atoms with van der Waals surface area (Å²) in [5.41, 5.74) is 0.637. The zero-order valence-electron chi connectivity index (χ0n) is 15.0. The molecule has 2 aliphatic heterocycles. The monoisotopic (exact) mass is 381 g/mol. The van der Waals surface area contributed by atoms with Crippen molar-refractivity contribution in [2.24, 2.45) is 5.92 Å². The minimum Gasteiger partial charge on any atom is -0.299 e. The summed E-state index contributed by atoms with van der Waals surface area (Å²) in [6, 6.07) is 2.76. The molecule has 6 nitrogen and oxygen atoms in total. The molecule has 0 atom stereocenters. The van der Waals surface area contributed by atoms with Crippen molar-refractivity contribution in [2.75, 3.05) is 13.1 Å². The van der Waals surface area contributed by atoms with Gasteiger partial charge in [-0.3, -0.25) is 18.9 Å². The Morgan fingerprint density at radius 1 is 1.15 bits per heavy atom. The smallest absolute Gasteiger partial charge is 0.299 e. The van der Waals surface area contributed by atoms with E-state index >= 15 is 0 Å². The molecule has 4 heterocycles. The first kappa shape index (κ1) is 18.2. The van der Waals surface area contributed by atoms with Gasteiger partial charge in [-0.1, -0.05) is 0 Å². The molecule has 0 spiro atoms. The fraction of sp³-hybridized carbons (Fsp3) is 0.611. The summed E-state index contributed by atoms with van der Waals surface area (Å²) in [6.45, 7) is 4.05. The largest absolute Gasteiger partial charge is 0.433 e. The maximum absolute atomic E-state index is 12.6. The molecule has 1 fully saturated rings. The number of aromatic nitrogens is 4. The molecule has 1 saturated heterocycles. The summed E-state index contributed by atoms with van der Waals surface area (Å²) in [4.78, 5) is 17.7. The van der Waals surface area contributed by atoms with E-state index in [0.29, 0.717) is 12.6 Å². The Morgan fingerprint density at radius 3 is 2.59 bits per heavy atom. The summed E-state index contributed by atoms with van der Waals surface area (Å²) in [7, 11) is 0. The van der Waals surface area contributed by atoms with Crippen LogP contribution in [0.5, 0.6) is 0 Å². The molecule has 4 rings (SSSR count). The highest BCUT2D eigenvalue weighted by atomic mass is 19.4. The summed E-state index contributed by atoms with van der Waals surface area (Å²) in [6.07, 6.45) is 0.514. The minimum atomic E-state index is -4.59. The van der Waals surface area contributed by atoms with Crippen molar-refractivity contribution in [3.63, 3.8) is 0 Å². The number of hydrogen-bond donors (Lipinski definition) is 0. The molecule has 2 aliphatic rings. The molecule has 27 heavy (non-hydrogen) atoms. The Hall–Kier alpha value is -2.16. The zero-order chi connectivity index (χ0) is 19.0. The number of halogens is 3. The third-order valence-corrected chi connectivity index (χ3v) is 5.43. The number of alkyl halides is 3. The molecule has 0 saturated carbocycles. The average Bonchev–Trinajstić information content (AvgIpc) is 3.19. The first-order chi connectivity index (χ1) is 12.9. The second kappa shape index (κ2) is 7.10. The van der Waals surface area contributed by atoms with Crippen molar-refractivity contribution >= 4 is 0 Å². The maximum Gasteiger partial charge on any atom is 0.433 e. The lowest BCUT2D eigenvalue weighted by Gasteiger charge is -2.31. The molecule has 0 unspecified atom stereocenters. The van der Waals surface area contributed by atoms with Crippen LogP contribution >= 0.6 is 0 Å². The lowest BCUT2D eigenvalue weighted by atomic mass is 9.96. The molecule has 0 N–H and O–H groups in total. The highest BCUT2D eigenvalue weighted by Crippen LogP contribution is 2.26. The first-order valence-electron chi connectivity index (χ1n) is 9.30. The van der Waals surface area contributed by atoms with Crippen LogP contribution < -0.4 is 5.56 Å². The van der Waals surface area contributed by atoms with E-state index in [1.807, 2.05) is 0 Å². The standard InChI is InChI=1S/C18H22F3N5O/c19-18(20,21)16-9-17(27)25(12-22-16)10-13-3-6-24(7-4-13)11-14-8-15-2-1-5-26(15)23-14/h8-9,12-13H,1-7,10-11H2. The van der Waals surface area contributed by atoms with Gasteiger partial charge in [0.15, 0.2) is 5.69 Å². The van der Waals surface area contributed by atoms with Gasteiger partial charge in [0.1, 0.15) is 0 Å². The molecule has 2 aromatic rings. The van der Waals surface area contributed by atoms with Crippen LogP contribution in [0.25, 0.3) is 0 Å². The van der Waals surface area contributed by atoms with E-state index in [2.05, 4.69) is 25.7 Å². The summed E-state index contributed by atoms with van der Waals surface area (Å²) in [5, 5.41) is 4.64. The number of aryl methyl sites for hydroxylation is 2. The van der Waals surface area contributed by atoms with Crippen LogP contribution in [0.15, 0.2) is 23.3 Å². The maximum atomic E-state index is 12.6. The van der Waals surface area contributed by atoms with Crippen LogP contribution in [-0.4, -0.2) is 37.3 Å². The Balaban J connectivity index is 1.31. The van der Waals surface area contributed by atoms with Crippen LogP contribution in [0.3, 0.4) is 0 Å². The Morgan fingerprint density at radius 2 is 1.93 bits per heavy atom. The van der Waals surface area contributed by atoms with Gasteiger partial charge in [0, 0.05) is 31.4 Å². The number of nitrogens with zero attached hydrogens (tertiary/aromatic N) is 5. The molecule has 0 aromatic carbocycles. The second-order valence-electron chi connectivity index (χ2n) is 7.44. The van der Waals surface area contributed by atoms with E-state index in [9.17, 15) is 18.0 Å². The molecule has 0 aliphatic carbocycles. The van der Waals surface area contributed by atoms with Gasteiger partial charge >= 0.3 is 6.18 Å². The summed E-state index contributed by atoms with van der Waals surface area (Å²) in [5.74, 6) is 0.268. The number of piperidine rings is 1. The number of hydrogen-bond acceptors (Lipinski definition) is 4. The molecule has 0 amide bonds. The van der Waals surface area contributed by atoms with Crippen LogP contribution in [0.4, 0.5) is 13.2 Å². The van der Waals surface area contributed by atoms with Crippen molar-refractivity contribution in [3.8, 4) is 0 Å². The van der Waals surface area contributed by atoms with Crippen LogP contribution in [0.2, 0.25) is 0 Å². The topological polar surface area (TPSA) is 56.0 Å². The fourth-order valence-corrected chi connectivity index (χ4v) is 3.95.